The first-order valence-electron chi connectivity index (χ1n) is 5.48. The number of rotatable bonds is 3. The summed E-state index contributed by atoms with van der Waals surface area (Å²) in [7, 11) is 0. The lowest BCUT2D eigenvalue weighted by molar-refractivity contribution is -0.146. The Balaban J connectivity index is 5.29. The molecule has 0 amide bonds. The number of ketones is 3. The van der Waals surface area contributed by atoms with Crippen molar-refractivity contribution in [2.75, 3.05) is 0 Å². The van der Waals surface area contributed by atoms with Crippen LogP contribution in [0.25, 0.3) is 0 Å². The van der Waals surface area contributed by atoms with E-state index in [2.05, 4.69) is 0 Å². The van der Waals surface area contributed by atoms with E-state index in [1.807, 2.05) is 0 Å². The Labute approximate surface area is 97.6 Å². The van der Waals surface area contributed by atoms with Gasteiger partial charge >= 0.3 is 0 Å². The van der Waals surface area contributed by atoms with Crippen LogP contribution >= 0.6 is 0 Å². The molecule has 0 unspecified atom stereocenters. The van der Waals surface area contributed by atoms with Crippen LogP contribution in [-0.4, -0.2) is 17.3 Å². The molecule has 0 fully saturated rings. The summed E-state index contributed by atoms with van der Waals surface area (Å²) in [6.45, 7) is 11.6. The predicted molar refractivity (Wildman–Crippen MR) is 63.1 cm³/mol. The van der Waals surface area contributed by atoms with Gasteiger partial charge in [-0.3, -0.25) is 14.4 Å². The van der Waals surface area contributed by atoms with Gasteiger partial charge in [0.2, 0.25) is 0 Å². The van der Waals surface area contributed by atoms with E-state index in [9.17, 15) is 14.4 Å². The summed E-state index contributed by atoms with van der Waals surface area (Å²) in [5.74, 6) is -2.06. The van der Waals surface area contributed by atoms with E-state index in [1.54, 1.807) is 41.5 Å². The molecule has 0 aromatic rings. The Kier molecular flexibility index (Phi) is 4.20. The van der Waals surface area contributed by atoms with Gasteiger partial charge in [-0.05, 0) is 6.92 Å². The van der Waals surface area contributed by atoms with Crippen molar-refractivity contribution in [1.82, 2.24) is 0 Å². The number of hydrogen-bond donors (Lipinski definition) is 0. The second kappa shape index (κ2) is 4.48. The third kappa shape index (κ3) is 3.54. The second-order valence-electron chi connectivity index (χ2n) is 6.27. The summed E-state index contributed by atoms with van der Waals surface area (Å²) >= 11 is 0. The van der Waals surface area contributed by atoms with Crippen molar-refractivity contribution < 1.29 is 14.4 Å². The zero-order valence-electron chi connectivity index (χ0n) is 11.3. The van der Waals surface area contributed by atoms with Crippen LogP contribution in [0.2, 0.25) is 0 Å². The molecule has 0 aliphatic carbocycles. The average Bonchev–Trinajstić information content (AvgIpc) is 1.99. The molecule has 0 aliphatic rings. The summed E-state index contributed by atoms with van der Waals surface area (Å²) in [5.41, 5.74) is -1.34. The average molecular weight is 226 g/mol. The zero-order valence-corrected chi connectivity index (χ0v) is 11.3. The topological polar surface area (TPSA) is 51.2 Å². The quantitative estimate of drug-likeness (QED) is 0.694. The Morgan fingerprint density at radius 2 is 1.00 bits per heavy atom. The third-order valence-corrected chi connectivity index (χ3v) is 2.41. The highest BCUT2D eigenvalue weighted by molar-refractivity contribution is 6.21. The van der Waals surface area contributed by atoms with Crippen molar-refractivity contribution in [1.29, 1.82) is 0 Å². The number of carbonyl (C=O) groups excluding carboxylic acids is 3. The Morgan fingerprint density at radius 3 is 1.12 bits per heavy atom. The summed E-state index contributed by atoms with van der Waals surface area (Å²) in [4.78, 5) is 35.6. The monoisotopic (exact) mass is 226 g/mol. The number of carbonyl (C=O) groups is 3. The smallest absolute Gasteiger partial charge is 0.156 e. The fourth-order valence-corrected chi connectivity index (χ4v) is 1.35. The van der Waals surface area contributed by atoms with Gasteiger partial charge in [0.1, 0.15) is 11.7 Å². The van der Waals surface area contributed by atoms with E-state index in [-0.39, 0.29) is 17.3 Å². The van der Waals surface area contributed by atoms with Crippen LogP contribution < -0.4 is 0 Å². The van der Waals surface area contributed by atoms with E-state index < -0.39 is 16.7 Å². The first kappa shape index (κ1) is 15.0. The first-order valence-corrected chi connectivity index (χ1v) is 5.48. The minimum atomic E-state index is -1.11. The van der Waals surface area contributed by atoms with Crippen LogP contribution in [0.15, 0.2) is 0 Å². The van der Waals surface area contributed by atoms with Gasteiger partial charge in [-0.25, -0.2) is 0 Å². The van der Waals surface area contributed by atoms with Gasteiger partial charge in [0.05, 0.1) is 0 Å². The highest BCUT2D eigenvalue weighted by Crippen LogP contribution is 2.27. The Hall–Kier alpha value is -0.990. The SMILES string of the molecule is CC(=O)C(C(=O)C(C)(C)C)C(=O)C(C)(C)C. The van der Waals surface area contributed by atoms with Crippen molar-refractivity contribution in [2.45, 2.75) is 48.5 Å². The summed E-state index contributed by atoms with van der Waals surface area (Å²) in [5, 5.41) is 0. The summed E-state index contributed by atoms with van der Waals surface area (Å²) in [6, 6.07) is 0. The van der Waals surface area contributed by atoms with Gasteiger partial charge in [0.15, 0.2) is 11.6 Å². The lowest BCUT2D eigenvalue weighted by atomic mass is 9.73. The maximum absolute atomic E-state index is 12.1. The molecule has 16 heavy (non-hydrogen) atoms. The van der Waals surface area contributed by atoms with Crippen LogP contribution in [0.1, 0.15) is 48.5 Å². The molecule has 0 aliphatic heterocycles. The van der Waals surface area contributed by atoms with Gasteiger partial charge < -0.3 is 0 Å². The van der Waals surface area contributed by atoms with E-state index in [0.717, 1.165) is 0 Å². The molecule has 0 saturated carbocycles. The molecule has 0 aromatic carbocycles. The molecule has 0 radical (unpaired) electrons. The molecule has 0 aromatic heterocycles. The standard InChI is InChI=1S/C13H22O3/c1-8(14)9(10(15)12(2,3)4)11(16)13(5,6)7/h9H,1-7H3. The highest BCUT2D eigenvalue weighted by atomic mass is 16.2. The van der Waals surface area contributed by atoms with Gasteiger partial charge in [0.25, 0.3) is 0 Å². The molecule has 0 spiro atoms. The zero-order chi connectivity index (χ0) is 13.3. The normalized spacial score (nSPS) is 12.8. The molecule has 3 nitrogen and oxygen atoms in total. The lowest BCUT2D eigenvalue weighted by Crippen LogP contribution is -2.42. The molecule has 3 heteroatoms. The first-order chi connectivity index (χ1) is 6.89. The van der Waals surface area contributed by atoms with Crippen molar-refractivity contribution in [3.8, 4) is 0 Å². The van der Waals surface area contributed by atoms with E-state index in [0.29, 0.717) is 0 Å². The number of Topliss-reactive ketones (excluding diaryl/α,β-unsaturated/α-hetero) is 3. The molecule has 0 atom stereocenters. The van der Waals surface area contributed by atoms with Crippen molar-refractivity contribution in [3.05, 3.63) is 0 Å². The molecule has 0 rings (SSSR count). The van der Waals surface area contributed by atoms with Crippen LogP contribution in [0.5, 0.6) is 0 Å². The Morgan fingerprint density at radius 1 is 0.750 bits per heavy atom. The molecular weight excluding hydrogens is 204 g/mol. The summed E-state index contributed by atoms with van der Waals surface area (Å²) in [6.07, 6.45) is 0. The lowest BCUT2D eigenvalue weighted by Gasteiger charge is -2.27. The molecule has 92 valence electrons. The van der Waals surface area contributed by atoms with Crippen molar-refractivity contribution >= 4 is 17.3 Å². The highest BCUT2D eigenvalue weighted by Gasteiger charge is 2.41. The Bertz CT molecular complexity index is 287. The van der Waals surface area contributed by atoms with E-state index in [4.69, 9.17) is 0 Å². The predicted octanol–water partition coefficient (Wildman–Crippen LogP) is 2.42. The molecule has 0 saturated heterocycles. The maximum Gasteiger partial charge on any atom is 0.156 e. The number of hydrogen-bond acceptors (Lipinski definition) is 3. The van der Waals surface area contributed by atoms with E-state index >= 15 is 0 Å². The van der Waals surface area contributed by atoms with Crippen LogP contribution in [-0.2, 0) is 14.4 Å². The second-order valence-corrected chi connectivity index (χ2v) is 6.27. The van der Waals surface area contributed by atoms with Gasteiger partial charge in [-0.1, -0.05) is 41.5 Å². The van der Waals surface area contributed by atoms with Crippen molar-refractivity contribution in [2.24, 2.45) is 16.7 Å². The van der Waals surface area contributed by atoms with Gasteiger partial charge in [-0.15, -0.1) is 0 Å². The fourth-order valence-electron chi connectivity index (χ4n) is 1.35. The molecule has 0 N–H and O–H groups in total. The molecular formula is C13H22O3. The van der Waals surface area contributed by atoms with Crippen LogP contribution in [0, 0.1) is 16.7 Å². The van der Waals surface area contributed by atoms with Crippen LogP contribution in [0.3, 0.4) is 0 Å². The van der Waals surface area contributed by atoms with Crippen LogP contribution in [0.4, 0.5) is 0 Å². The third-order valence-electron chi connectivity index (χ3n) is 2.41. The van der Waals surface area contributed by atoms with Gasteiger partial charge in [-0.2, -0.15) is 0 Å². The minimum absolute atomic E-state index is 0.292. The van der Waals surface area contributed by atoms with E-state index in [1.165, 1.54) is 6.92 Å². The minimum Gasteiger partial charge on any atom is -0.299 e. The maximum atomic E-state index is 12.1. The summed E-state index contributed by atoms with van der Waals surface area (Å²) < 4.78 is 0. The molecule has 0 heterocycles. The fraction of sp³-hybridized carbons (Fsp3) is 0.769. The largest absolute Gasteiger partial charge is 0.299 e. The van der Waals surface area contributed by atoms with Crippen molar-refractivity contribution in [3.63, 3.8) is 0 Å². The molecule has 0 bridgehead atoms. The van der Waals surface area contributed by atoms with Gasteiger partial charge in [0, 0.05) is 10.8 Å².